The SMILES string of the molecule is Cc1cc(C)c(OCC(=O)N(Cc2ccc(C(C)C)cc2)[C@@H]2CCS(=O)(=O)C2)c(C)c1. The van der Waals surface area contributed by atoms with Gasteiger partial charge in [0.25, 0.3) is 5.91 Å². The number of ether oxygens (including phenoxy) is 1. The number of hydrogen-bond donors (Lipinski definition) is 0. The maximum Gasteiger partial charge on any atom is 0.261 e. The van der Waals surface area contributed by atoms with Gasteiger partial charge in [0.2, 0.25) is 0 Å². The summed E-state index contributed by atoms with van der Waals surface area (Å²) in [6, 6.07) is 11.9. The van der Waals surface area contributed by atoms with Crippen molar-refractivity contribution in [2.45, 2.75) is 59.5 Å². The van der Waals surface area contributed by atoms with Crippen LogP contribution in [0.3, 0.4) is 0 Å². The molecule has 3 rings (SSSR count). The normalized spacial score (nSPS) is 17.7. The van der Waals surface area contributed by atoms with Crippen LogP contribution in [-0.4, -0.2) is 43.4 Å². The van der Waals surface area contributed by atoms with E-state index in [-0.39, 0.29) is 30.1 Å². The van der Waals surface area contributed by atoms with E-state index in [1.807, 2.05) is 45.0 Å². The highest BCUT2D eigenvalue weighted by molar-refractivity contribution is 7.91. The highest BCUT2D eigenvalue weighted by Crippen LogP contribution is 2.26. The summed E-state index contributed by atoms with van der Waals surface area (Å²) in [6.45, 7) is 10.5. The number of amides is 1. The summed E-state index contributed by atoms with van der Waals surface area (Å²) < 4.78 is 30.1. The minimum Gasteiger partial charge on any atom is -0.483 e. The fourth-order valence-corrected chi connectivity index (χ4v) is 5.99. The third kappa shape index (κ3) is 5.88. The Kier molecular flexibility index (Phi) is 7.10. The molecule has 0 aromatic heterocycles. The summed E-state index contributed by atoms with van der Waals surface area (Å²) in [6.07, 6.45) is 0.473. The van der Waals surface area contributed by atoms with Crippen molar-refractivity contribution in [2.24, 2.45) is 0 Å². The zero-order valence-electron chi connectivity index (χ0n) is 19.1. The first kappa shape index (κ1) is 23.3. The summed E-state index contributed by atoms with van der Waals surface area (Å²) in [5, 5.41) is 0. The van der Waals surface area contributed by atoms with Gasteiger partial charge >= 0.3 is 0 Å². The van der Waals surface area contributed by atoms with E-state index in [4.69, 9.17) is 4.74 Å². The number of sulfone groups is 1. The van der Waals surface area contributed by atoms with Gasteiger partial charge in [-0.2, -0.15) is 0 Å². The molecule has 31 heavy (non-hydrogen) atoms. The number of aryl methyl sites for hydroxylation is 3. The number of carbonyl (C=O) groups excluding carboxylic acids is 1. The van der Waals surface area contributed by atoms with Gasteiger partial charge in [0.1, 0.15) is 5.75 Å². The van der Waals surface area contributed by atoms with Crippen molar-refractivity contribution >= 4 is 15.7 Å². The zero-order valence-corrected chi connectivity index (χ0v) is 20.0. The number of nitrogens with zero attached hydrogens (tertiary/aromatic N) is 1. The van der Waals surface area contributed by atoms with E-state index in [9.17, 15) is 13.2 Å². The average molecular weight is 444 g/mol. The van der Waals surface area contributed by atoms with Gasteiger partial charge in [-0.05, 0) is 55.4 Å². The predicted octanol–water partition coefficient (Wildman–Crippen LogP) is 4.33. The summed E-state index contributed by atoms with van der Waals surface area (Å²) in [4.78, 5) is 14.9. The van der Waals surface area contributed by atoms with Gasteiger partial charge in [0, 0.05) is 12.6 Å². The quantitative estimate of drug-likeness (QED) is 0.639. The maximum atomic E-state index is 13.2. The first-order chi connectivity index (χ1) is 14.6. The molecule has 1 atom stereocenters. The molecule has 0 saturated carbocycles. The number of hydrogen-bond acceptors (Lipinski definition) is 4. The van der Waals surface area contributed by atoms with E-state index in [1.54, 1.807) is 4.90 Å². The minimum absolute atomic E-state index is 0.0193. The molecule has 6 heteroatoms. The van der Waals surface area contributed by atoms with E-state index in [0.717, 1.165) is 28.0 Å². The molecule has 0 radical (unpaired) electrons. The Balaban J connectivity index is 1.78. The third-order valence-electron chi connectivity index (χ3n) is 5.91. The van der Waals surface area contributed by atoms with Crippen molar-refractivity contribution in [2.75, 3.05) is 18.1 Å². The van der Waals surface area contributed by atoms with Crippen LogP contribution in [0.2, 0.25) is 0 Å². The topological polar surface area (TPSA) is 63.7 Å². The second-order valence-corrected chi connectivity index (χ2v) is 11.2. The Morgan fingerprint density at radius 1 is 1.10 bits per heavy atom. The maximum absolute atomic E-state index is 13.2. The van der Waals surface area contributed by atoms with Gasteiger partial charge in [0.15, 0.2) is 16.4 Å². The molecule has 0 spiro atoms. The van der Waals surface area contributed by atoms with Crippen LogP contribution in [-0.2, 0) is 21.2 Å². The van der Waals surface area contributed by atoms with E-state index >= 15 is 0 Å². The molecule has 1 fully saturated rings. The summed E-state index contributed by atoms with van der Waals surface area (Å²) >= 11 is 0. The molecule has 1 aliphatic heterocycles. The zero-order chi connectivity index (χ0) is 22.8. The second kappa shape index (κ2) is 9.43. The molecular weight excluding hydrogens is 410 g/mol. The lowest BCUT2D eigenvalue weighted by atomic mass is 10.0. The van der Waals surface area contributed by atoms with Gasteiger partial charge < -0.3 is 9.64 Å². The molecule has 5 nitrogen and oxygen atoms in total. The lowest BCUT2D eigenvalue weighted by Gasteiger charge is -2.29. The highest BCUT2D eigenvalue weighted by atomic mass is 32.2. The highest BCUT2D eigenvalue weighted by Gasteiger charge is 2.35. The molecule has 1 heterocycles. The minimum atomic E-state index is -3.10. The van der Waals surface area contributed by atoms with Crippen LogP contribution in [0, 0.1) is 20.8 Å². The standard InChI is InChI=1S/C25H33NO4S/c1-17(2)22-8-6-21(7-9-22)14-26(23-10-11-31(28,29)16-23)24(27)15-30-25-19(4)12-18(3)13-20(25)5/h6-9,12-13,17,23H,10-11,14-16H2,1-5H3/t23-/m1/s1. The van der Waals surface area contributed by atoms with Crippen molar-refractivity contribution in [1.29, 1.82) is 0 Å². The lowest BCUT2D eigenvalue weighted by Crippen LogP contribution is -2.43. The molecule has 2 aromatic carbocycles. The number of benzene rings is 2. The summed E-state index contributed by atoms with van der Waals surface area (Å²) in [5.41, 5.74) is 5.36. The fraction of sp³-hybridized carbons (Fsp3) is 0.480. The Morgan fingerprint density at radius 2 is 1.71 bits per heavy atom. The van der Waals surface area contributed by atoms with Crippen molar-refractivity contribution in [1.82, 2.24) is 4.90 Å². The van der Waals surface area contributed by atoms with Crippen LogP contribution in [0.4, 0.5) is 0 Å². The summed E-state index contributed by atoms with van der Waals surface area (Å²) in [5.74, 6) is 1.12. The molecule has 0 N–H and O–H groups in total. The van der Waals surface area contributed by atoms with Gasteiger partial charge in [-0.3, -0.25) is 4.79 Å². The molecule has 0 aliphatic carbocycles. The van der Waals surface area contributed by atoms with Crippen molar-refractivity contribution < 1.29 is 17.9 Å². The van der Waals surface area contributed by atoms with Gasteiger partial charge in [-0.1, -0.05) is 55.8 Å². The smallest absolute Gasteiger partial charge is 0.261 e. The number of carbonyl (C=O) groups is 1. The van der Waals surface area contributed by atoms with E-state index in [1.165, 1.54) is 5.56 Å². The van der Waals surface area contributed by atoms with E-state index in [0.29, 0.717) is 18.9 Å². The first-order valence-corrected chi connectivity index (χ1v) is 12.7. The monoisotopic (exact) mass is 443 g/mol. The van der Waals surface area contributed by atoms with Crippen LogP contribution >= 0.6 is 0 Å². The lowest BCUT2D eigenvalue weighted by molar-refractivity contribution is -0.136. The molecule has 1 aliphatic rings. The van der Waals surface area contributed by atoms with Crippen LogP contribution in [0.1, 0.15) is 54.0 Å². The van der Waals surface area contributed by atoms with E-state index in [2.05, 4.69) is 26.0 Å². The average Bonchev–Trinajstić information content (AvgIpc) is 3.04. The predicted molar refractivity (Wildman–Crippen MR) is 124 cm³/mol. The van der Waals surface area contributed by atoms with Gasteiger partial charge in [-0.15, -0.1) is 0 Å². The molecule has 168 valence electrons. The molecule has 2 aromatic rings. The Bertz CT molecular complexity index is 1020. The largest absolute Gasteiger partial charge is 0.483 e. The summed E-state index contributed by atoms with van der Waals surface area (Å²) in [7, 11) is -3.10. The van der Waals surface area contributed by atoms with Crippen molar-refractivity contribution in [3.05, 3.63) is 64.2 Å². The van der Waals surface area contributed by atoms with Crippen molar-refractivity contribution in [3.8, 4) is 5.75 Å². The van der Waals surface area contributed by atoms with Crippen LogP contribution < -0.4 is 4.74 Å². The van der Waals surface area contributed by atoms with Crippen molar-refractivity contribution in [3.63, 3.8) is 0 Å². The van der Waals surface area contributed by atoms with E-state index < -0.39 is 9.84 Å². The molecule has 1 amide bonds. The molecule has 1 saturated heterocycles. The third-order valence-corrected chi connectivity index (χ3v) is 7.66. The second-order valence-electron chi connectivity index (χ2n) is 8.99. The van der Waals surface area contributed by atoms with Crippen LogP contribution in [0.5, 0.6) is 5.75 Å². The van der Waals surface area contributed by atoms with Crippen LogP contribution in [0.25, 0.3) is 0 Å². The Labute approximate surface area is 186 Å². The fourth-order valence-electron chi connectivity index (χ4n) is 4.26. The Morgan fingerprint density at radius 3 is 2.23 bits per heavy atom. The van der Waals surface area contributed by atoms with Gasteiger partial charge in [0.05, 0.1) is 11.5 Å². The Hall–Kier alpha value is -2.34. The van der Waals surface area contributed by atoms with Crippen LogP contribution in [0.15, 0.2) is 36.4 Å². The first-order valence-electron chi connectivity index (χ1n) is 10.8. The number of rotatable bonds is 7. The van der Waals surface area contributed by atoms with Gasteiger partial charge in [-0.25, -0.2) is 8.42 Å². The molecule has 0 unspecified atom stereocenters. The molecule has 0 bridgehead atoms. The molecular formula is C25H33NO4S.